The molecule has 1 amide bonds. The third-order valence-corrected chi connectivity index (χ3v) is 4.17. The molecule has 0 bridgehead atoms. The van der Waals surface area contributed by atoms with Crippen LogP contribution in [0.4, 0.5) is 11.5 Å². The molecule has 2 aromatic rings. The molecule has 132 valence electrons. The van der Waals surface area contributed by atoms with E-state index in [0.29, 0.717) is 17.8 Å². The number of rotatable bonds is 7. The number of para-hydroxylation sites is 1. The van der Waals surface area contributed by atoms with E-state index < -0.39 is 5.97 Å². The summed E-state index contributed by atoms with van der Waals surface area (Å²) in [6.45, 7) is 3.44. The lowest BCUT2D eigenvalue weighted by Gasteiger charge is -2.27. The zero-order valence-electron chi connectivity index (χ0n) is 14.7. The number of aliphatic carboxylic acids is 1. The molecule has 1 heterocycles. The van der Waals surface area contributed by atoms with Gasteiger partial charge in [0.2, 0.25) is 0 Å². The van der Waals surface area contributed by atoms with E-state index in [-0.39, 0.29) is 18.5 Å². The molecule has 0 saturated heterocycles. The number of carboxylic acids is 1. The SMILES string of the molecule is CCC(C)N(CC(=O)O)C(=O)c1ccc(N(C)c2ccccc2)nc1. The number of anilines is 2. The Hall–Kier alpha value is -2.89. The normalized spacial score (nSPS) is 11.6. The molecule has 1 unspecified atom stereocenters. The Balaban J connectivity index is 2.20. The summed E-state index contributed by atoms with van der Waals surface area (Å²) in [5.74, 6) is -0.642. The number of pyridine rings is 1. The van der Waals surface area contributed by atoms with Crippen LogP contribution in [-0.2, 0) is 4.79 Å². The number of carbonyl (C=O) groups excluding carboxylic acids is 1. The van der Waals surface area contributed by atoms with Gasteiger partial charge in [-0.25, -0.2) is 4.98 Å². The van der Waals surface area contributed by atoms with Crippen molar-refractivity contribution in [1.82, 2.24) is 9.88 Å². The van der Waals surface area contributed by atoms with E-state index in [0.717, 1.165) is 5.69 Å². The molecule has 1 aromatic carbocycles. The number of carboxylic acid groups (broad SMARTS) is 1. The van der Waals surface area contributed by atoms with Crippen molar-refractivity contribution in [2.24, 2.45) is 0 Å². The number of aromatic nitrogens is 1. The lowest BCUT2D eigenvalue weighted by molar-refractivity contribution is -0.138. The molecule has 1 aromatic heterocycles. The lowest BCUT2D eigenvalue weighted by atomic mass is 10.1. The Morgan fingerprint density at radius 3 is 2.36 bits per heavy atom. The number of amides is 1. The summed E-state index contributed by atoms with van der Waals surface area (Å²) in [7, 11) is 1.90. The fraction of sp³-hybridized carbons (Fsp3) is 0.316. The Labute approximate surface area is 147 Å². The van der Waals surface area contributed by atoms with Crippen molar-refractivity contribution in [2.45, 2.75) is 26.3 Å². The van der Waals surface area contributed by atoms with E-state index in [9.17, 15) is 9.59 Å². The summed E-state index contributed by atoms with van der Waals surface area (Å²) in [6, 6.07) is 13.1. The second-order valence-corrected chi connectivity index (χ2v) is 5.88. The fourth-order valence-electron chi connectivity index (χ4n) is 2.45. The standard InChI is InChI=1S/C19H23N3O3/c1-4-14(2)22(13-18(23)24)19(25)15-10-11-17(20-12-15)21(3)16-8-6-5-7-9-16/h5-12,14H,4,13H2,1-3H3,(H,23,24). The first-order chi connectivity index (χ1) is 11.9. The van der Waals surface area contributed by atoms with Crippen LogP contribution < -0.4 is 4.90 Å². The summed E-state index contributed by atoms with van der Waals surface area (Å²) in [5, 5.41) is 9.05. The Morgan fingerprint density at radius 1 is 1.16 bits per heavy atom. The molecule has 6 heteroatoms. The monoisotopic (exact) mass is 341 g/mol. The molecule has 0 fully saturated rings. The first-order valence-corrected chi connectivity index (χ1v) is 8.21. The van der Waals surface area contributed by atoms with Gasteiger partial charge in [0.25, 0.3) is 5.91 Å². The van der Waals surface area contributed by atoms with Crippen LogP contribution >= 0.6 is 0 Å². The molecule has 2 rings (SSSR count). The van der Waals surface area contributed by atoms with Crippen molar-refractivity contribution in [3.63, 3.8) is 0 Å². The number of nitrogens with zero attached hydrogens (tertiary/aromatic N) is 3. The fourth-order valence-corrected chi connectivity index (χ4v) is 2.45. The van der Waals surface area contributed by atoms with E-state index in [2.05, 4.69) is 4.98 Å². The van der Waals surface area contributed by atoms with Crippen molar-refractivity contribution >= 4 is 23.4 Å². The van der Waals surface area contributed by atoms with E-state index in [1.165, 1.54) is 11.1 Å². The van der Waals surface area contributed by atoms with Crippen molar-refractivity contribution in [1.29, 1.82) is 0 Å². The number of carbonyl (C=O) groups is 2. The van der Waals surface area contributed by atoms with E-state index in [4.69, 9.17) is 5.11 Å². The number of hydrogen-bond acceptors (Lipinski definition) is 4. The van der Waals surface area contributed by atoms with Gasteiger partial charge in [0.05, 0.1) is 5.56 Å². The van der Waals surface area contributed by atoms with Gasteiger partial charge < -0.3 is 14.9 Å². The maximum absolute atomic E-state index is 12.6. The van der Waals surface area contributed by atoms with E-state index in [1.54, 1.807) is 12.1 Å². The minimum atomic E-state index is -1.03. The molecule has 1 atom stereocenters. The maximum atomic E-state index is 12.6. The van der Waals surface area contributed by atoms with E-state index in [1.807, 2.05) is 56.1 Å². The van der Waals surface area contributed by atoms with Crippen molar-refractivity contribution in [3.05, 3.63) is 54.2 Å². The molecular formula is C19H23N3O3. The molecule has 0 radical (unpaired) electrons. The average molecular weight is 341 g/mol. The van der Waals surface area contributed by atoms with Crippen molar-refractivity contribution in [2.75, 3.05) is 18.5 Å². The van der Waals surface area contributed by atoms with Crippen LogP contribution in [0, 0.1) is 0 Å². The molecule has 0 aliphatic rings. The maximum Gasteiger partial charge on any atom is 0.323 e. The average Bonchev–Trinajstić information content (AvgIpc) is 2.65. The highest BCUT2D eigenvalue weighted by molar-refractivity contribution is 5.96. The van der Waals surface area contributed by atoms with E-state index >= 15 is 0 Å². The summed E-state index contributed by atoms with van der Waals surface area (Å²) in [5.41, 5.74) is 1.37. The van der Waals surface area contributed by atoms with Crippen LogP contribution in [-0.4, -0.2) is 46.5 Å². The summed E-state index contributed by atoms with van der Waals surface area (Å²) in [4.78, 5) is 31.3. The summed E-state index contributed by atoms with van der Waals surface area (Å²) in [6.07, 6.45) is 2.18. The van der Waals surface area contributed by atoms with Crippen LogP contribution in [0.5, 0.6) is 0 Å². The molecule has 1 N–H and O–H groups in total. The highest BCUT2D eigenvalue weighted by Gasteiger charge is 2.23. The molecule has 0 spiro atoms. The quantitative estimate of drug-likeness (QED) is 0.837. The molecular weight excluding hydrogens is 318 g/mol. The molecule has 6 nitrogen and oxygen atoms in total. The minimum absolute atomic E-state index is 0.157. The van der Waals surface area contributed by atoms with Gasteiger partial charge in [-0.2, -0.15) is 0 Å². The largest absolute Gasteiger partial charge is 0.480 e. The second kappa shape index (κ2) is 8.28. The van der Waals surface area contributed by atoms with Crippen LogP contribution in [0.1, 0.15) is 30.6 Å². The molecule has 0 saturated carbocycles. The van der Waals surface area contributed by atoms with Gasteiger partial charge in [0, 0.05) is 25.0 Å². The first-order valence-electron chi connectivity index (χ1n) is 8.21. The molecule has 25 heavy (non-hydrogen) atoms. The van der Waals surface area contributed by atoms with Crippen LogP contribution in [0.3, 0.4) is 0 Å². The van der Waals surface area contributed by atoms with Gasteiger partial charge >= 0.3 is 5.97 Å². The smallest absolute Gasteiger partial charge is 0.323 e. The van der Waals surface area contributed by atoms with Gasteiger partial charge in [0.1, 0.15) is 12.4 Å². The first kappa shape index (κ1) is 18.4. The summed E-state index contributed by atoms with van der Waals surface area (Å²) < 4.78 is 0. The van der Waals surface area contributed by atoms with Gasteiger partial charge in [-0.1, -0.05) is 25.1 Å². The molecule has 0 aliphatic carbocycles. The Morgan fingerprint density at radius 2 is 1.84 bits per heavy atom. The van der Waals surface area contributed by atoms with Gasteiger partial charge in [-0.3, -0.25) is 9.59 Å². The molecule has 0 aliphatic heterocycles. The predicted octanol–water partition coefficient (Wildman–Crippen LogP) is 3.17. The highest BCUT2D eigenvalue weighted by Crippen LogP contribution is 2.21. The predicted molar refractivity (Wildman–Crippen MR) is 97.2 cm³/mol. The highest BCUT2D eigenvalue weighted by atomic mass is 16.4. The zero-order valence-corrected chi connectivity index (χ0v) is 14.7. The number of benzene rings is 1. The number of hydrogen-bond donors (Lipinski definition) is 1. The Bertz CT molecular complexity index is 716. The van der Waals surface area contributed by atoms with Crippen molar-refractivity contribution in [3.8, 4) is 0 Å². The second-order valence-electron chi connectivity index (χ2n) is 5.88. The minimum Gasteiger partial charge on any atom is -0.480 e. The van der Waals surface area contributed by atoms with Crippen LogP contribution in [0.15, 0.2) is 48.7 Å². The Kier molecular flexibility index (Phi) is 6.11. The van der Waals surface area contributed by atoms with Gasteiger partial charge in [-0.15, -0.1) is 0 Å². The third-order valence-electron chi connectivity index (χ3n) is 4.17. The van der Waals surface area contributed by atoms with Crippen molar-refractivity contribution < 1.29 is 14.7 Å². The third kappa shape index (κ3) is 4.56. The zero-order chi connectivity index (χ0) is 18.4. The summed E-state index contributed by atoms with van der Waals surface area (Å²) >= 11 is 0. The van der Waals surface area contributed by atoms with Crippen LogP contribution in [0.2, 0.25) is 0 Å². The van der Waals surface area contributed by atoms with Crippen LogP contribution in [0.25, 0.3) is 0 Å². The lowest BCUT2D eigenvalue weighted by Crippen LogP contribution is -2.41. The van der Waals surface area contributed by atoms with Gasteiger partial charge in [0.15, 0.2) is 0 Å². The topological polar surface area (TPSA) is 73.7 Å². The van der Waals surface area contributed by atoms with Gasteiger partial charge in [-0.05, 0) is 37.6 Å².